The molecule has 0 spiro atoms. The van der Waals surface area contributed by atoms with Crippen molar-refractivity contribution in [3.05, 3.63) is 23.9 Å². The van der Waals surface area contributed by atoms with E-state index in [-0.39, 0.29) is 18.3 Å². The third kappa shape index (κ3) is 3.01. The highest BCUT2D eigenvalue weighted by Crippen LogP contribution is 2.35. The highest BCUT2D eigenvalue weighted by molar-refractivity contribution is 5.78. The molecule has 1 aliphatic rings. The van der Waals surface area contributed by atoms with Crippen molar-refractivity contribution < 1.29 is 18.0 Å². The molecular weight excluding hydrogens is 273 g/mol. The van der Waals surface area contributed by atoms with Crippen molar-refractivity contribution in [2.45, 2.75) is 6.18 Å². The summed E-state index contributed by atoms with van der Waals surface area (Å²) in [5.74, 6) is -0.276. The second-order valence-electron chi connectivity index (χ2n) is 4.44. The van der Waals surface area contributed by atoms with Gasteiger partial charge in [-0.3, -0.25) is 4.79 Å². The summed E-state index contributed by atoms with van der Waals surface area (Å²) in [6.07, 6.45) is -3.10. The molecule has 1 fully saturated rings. The Kier molecular flexibility index (Phi) is 4.12. The second-order valence-corrected chi connectivity index (χ2v) is 4.44. The van der Waals surface area contributed by atoms with Gasteiger partial charge in [0, 0.05) is 32.4 Å². The Morgan fingerprint density at radius 1 is 1.30 bits per heavy atom. The summed E-state index contributed by atoms with van der Waals surface area (Å²) >= 11 is 0. The Bertz CT molecular complexity index is 484. The van der Waals surface area contributed by atoms with Gasteiger partial charge >= 0.3 is 6.18 Å². The number of amides is 1. The molecule has 0 unspecified atom stereocenters. The van der Waals surface area contributed by atoms with E-state index in [0.717, 1.165) is 6.07 Å². The number of nitrogens with zero attached hydrogens (tertiary/aromatic N) is 3. The van der Waals surface area contributed by atoms with Gasteiger partial charge in [-0.2, -0.15) is 13.2 Å². The number of alkyl halides is 3. The molecule has 1 aromatic heterocycles. The molecule has 0 atom stereocenters. The fourth-order valence-electron chi connectivity index (χ4n) is 2.17. The zero-order valence-electron chi connectivity index (χ0n) is 10.7. The molecule has 8 heteroatoms. The van der Waals surface area contributed by atoms with Gasteiger partial charge in [0.25, 0.3) is 0 Å². The van der Waals surface area contributed by atoms with E-state index in [1.54, 1.807) is 9.80 Å². The number of hydrogen-bond donors (Lipinski definition) is 1. The summed E-state index contributed by atoms with van der Waals surface area (Å²) < 4.78 is 38.7. The van der Waals surface area contributed by atoms with Crippen LogP contribution in [0.4, 0.5) is 19.0 Å². The van der Waals surface area contributed by atoms with Crippen LogP contribution in [0, 0.1) is 0 Å². The van der Waals surface area contributed by atoms with Gasteiger partial charge in [0.2, 0.25) is 5.91 Å². The number of nitrogens with two attached hydrogens (primary N) is 1. The fraction of sp³-hybridized carbons (Fsp3) is 0.500. The Balaban J connectivity index is 2.13. The number of rotatable bonds is 2. The first-order valence-corrected chi connectivity index (χ1v) is 6.18. The molecule has 1 saturated heterocycles. The van der Waals surface area contributed by atoms with Crippen LogP contribution in [0.2, 0.25) is 0 Å². The summed E-state index contributed by atoms with van der Waals surface area (Å²) in [6, 6.07) is 2.28. The number of carbonyl (C=O) groups is 1. The van der Waals surface area contributed by atoms with E-state index in [2.05, 4.69) is 4.98 Å². The summed E-state index contributed by atoms with van der Waals surface area (Å²) in [5.41, 5.74) is 4.51. The maximum atomic E-state index is 12.9. The molecule has 0 bridgehead atoms. The van der Waals surface area contributed by atoms with E-state index >= 15 is 0 Å². The first-order chi connectivity index (χ1) is 9.43. The standard InChI is InChI=1S/C12H15F3N4O/c13-12(14,15)9-2-1-3-17-11(9)19-6-4-18(5-7-19)10(20)8-16/h1-3H,4-8,16H2. The van der Waals surface area contributed by atoms with Gasteiger partial charge in [0.05, 0.1) is 12.1 Å². The highest BCUT2D eigenvalue weighted by atomic mass is 19.4. The van der Waals surface area contributed by atoms with Crippen molar-refractivity contribution in [3.63, 3.8) is 0 Å². The van der Waals surface area contributed by atoms with E-state index in [9.17, 15) is 18.0 Å². The monoisotopic (exact) mass is 288 g/mol. The van der Waals surface area contributed by atoms with E-state index in [0.29, 0.717) is 26.2 Å². The minimum atomic E-state index is -4.44. The lowest BCUT2D eigenvalue weighted by atomic mass is 10.2. The first-order valence-electron chi connectivity index (χ1n) is 6.18. The molecule has 1 amide bonds. The summed E-state index contributed by atoms with van der Waals surface area (Å²) in [6.45, 7) is 1.24. The van der Waals surface area contributed by atoms with Gasteiger partial charge in [-0.25, -0.2) is 4.98 Å². The number of hydrogen-bond acceptors (Lipinski definition) is 4. The minimum Gasteiger partial charge on any atom is -0.353 e. The Hall–Kier alpha value is -1.83. The van der Waals surface area contributed by atoms with E-state index in [1.807, 2.05) is 0 Å². The van der Waals surface area contributed by atoms with Crippen LogP contribution in [0.3, 0.4) is 0 Å². The molecule has 1 aromatic rings. The minimum absolute atomic E-state index is 0.0835. The van der Waals surface area contributed by atoms with Crippen molar-refractivity contribution in [3.8, 4) is 0 Å². The van der Waals surface area contributed by atoms with Gasteiger partial charge in [-0.1, -0.05) is 0 Å². The lowest BCUT2D eigenvalue weighted by Gasteiger charge is -2.36. The third-order valence-electron chi connectivity index (χ3n) is 3.20. The summed E-state index contributed by atoms with van der Waals surface area (Å²) in [4.78, 5) is 18.4. The van der Waals surface area contributed by atoms with Crippen molar-refractivity contribution >= 4 is 11.7 Å². The molecule has 0 radical (unpaired) electrons. The van der Waals surface area contributed by atoms with Crippen molar-refractivity contribution in [1.29, 1.82) is 0 Å². The number of piperazine rings is 1. The van der Waals surface area contributed by atoms with Crippen LogP contribution < -0.4 is 10.6 Å². The molecule has 110 valence electrons. The Labute approximate surface area is 114 Å². The summed E-state index contributed by atoms with van der Waals surface area (Å²) in [7, 11) is 0. The van der Waals surface area contributed by atoms with Gasteiger partial charge in [0.15, 0.2) is 0 Å². The molecule has 5 nitrogen and oxygen atoms in total. The average molecular weight is 288 g/mol. The van der Waals surface area contributed by atoms with Crippen LogP contribution in [-0.4, -0.2) is 48.5 Å². The van der Waals surface area contributed by atoms with Crippen molar-refractivity contribution in [2.24, 2.45) is 5.73 Å². The second kappa shape index (κ2) is 5.66. The van der Waals surface area contributed by atoms with Crippen LogP contribution in [0.1, 0.15) is 5.56 Å². The molecule has 2 N–H and O–H groups in total. The van der Waals surface area contributed by atoms with Crippen LogP contribution in [0.5, 0.6) is 0 Å². The number of pyridine rings is 1. The molecule has 20 heavy (non-hydrogen) atoms. The number of carbonyl (C=O) groups excluding carboxylic acids is 1. The van der Waals surface area contributed by atoms with Crippen molar-refractivity contribution in [2.75, 3.05) is 37.6 Å². The first kappa shape index (κ1) is 14.6. The lowest BCUT2D eigenvalue weighted by Crippen LogP contribution is -2.50. The SMILES string of the molecule is NCC(=O)N1CCN(c2ncccc2C(F)(F)F)CC1. The zero-order chi connectivity index (χ0) is 14.8. The van der Waals surface area contributed by atoms with Crippen LogP contribution in [-0.2, 0) is 11.0 Å². The largest absolute Gasteiger partial charge is 0.419 e. The average Bonchev–Trinajstić information content (AvgIpc) is 2.46. The molecular formula is C12H15F3N4O. The lowest BCUT2D eigenvalue weighted by molar-refractivity contribution is -0.137. The van der Waals surface area contributed by atoms with E-state index in [4.69, 9.17) is 5.73 Å². The normalized spacial score (nSPS) is 16.4. The number of halogens is 3. The Morgan fingerprint density at radius 2 is 1.95 bits per heavy atom. The van der Waals surface area contributed by atoms with Gasteiger partial charge in [-0.05, 0) is 12.1 Å². The molecule has 0 aliphatic carbocycles. The predicted molar refractivity (Wildman–Crippen MR) is 67.1 cm³/mol. The molecule has 0 saturated carbocycles. The number of anilines is 1. The molecule has 2 heterocycles. The molecule has 0 aromatic carbocycles. The van der Waals surface area contributed by atoms with Crippen LogP contribution in [0.25, 0.3) is 0 Å². The third-order valence-corrected chi connectivity index (χ3v) is 3.20. The van der Waals surface area contributed by atoms with Crippen LogP contribution in [0.15, 0.2) is 18.3 Å². The maximum absolute atomic E-state index is 12.9. The maximum Gasteiger partial charge on any atom is 0.419 e. The van der Waals surface area contributed by atoms with Crippen LogP contribution >= 0.6 is 0 Å². The molecule has 2 rings (SSSR count). The quantitative estimate of drug-likeness (QED) is 0.870. The summed E-state index contributed by atoms with van der Waals surface area (Å²) in [5, 5.41) is 0. The zero-order valence-corrected chi connectivity index (χ0v) is 10.7. The molecule has 1 aliphatic heterocycles. The number of aromatic nitrogens is 1. The van der Waals surface area contributed by atoms with E-state index in [1.165, 1.54) is 12.3 Å². The van der Waals surface area contributed by atoms with Gasteiger partial charge < -0.3 is 15.5 Å². The van der Waals surface area contributed by atoms with Gasteiger partial charge in [0.1, 0.15) is 5.82 Å². The predicted octanol–water partition coefficient (Wildman–Crippen LogP) is 0.708. The topological polar surface area (TPSA) is 62.5 Å². The van der Waals surface area contributed by atoms with Gasteiger partial charge in [-0.15, -0.1) is 0 Å². The van der Waals surface area contributed by atoms with Crippen molar-refractivity contribution in [1.82, 2.24) is 9.88 Å². The van der Waals surface area contributed by atoms with E-state index < -0.39 is 11.7 Å². The smallest absolute Gasteiger partial charge is 0.353 e. The highest BCUT2D eigenvalue weighted by Gasteiger charge is 2.36. The Morgan fingerprint density at radius 3 is 2.50 bits per heavy atom. The fourth-order valence-corrected chi connectivity index (χ4v) is 2.17.